The first kappa shape index (κ1) is 18.9. The van der Waals surface area contributed by atoms with Gasteiger partial charge in [-0.2, -0.15) is 5.10 Å². The first-order valence-corrected chi connectivity index (χ1v) is 9.47. The van der Waals surface area contributed by atoms with Gasteiger partial charge in [-0.1, -0.05) is 32.0 Å². The third-order valence-electron chi connectivity index (χ3n) is 4.80. The number of para-hydroxylation sites is 1. The van der Waals surface area contributed by atoms with Gasteiger partial charge in [0.05, 0.1) is 5.39 Å². The van der Waals surface area contributed by atoms with Gasteiger partial charge in [-0.25, -0.2) is 14.6 Å². The van der Waals surface area contributed by atoms with E-state index in [1.807, 2.05) is 59.3 Å². The van der Waals surface area contributed by atoms with E-state index in [-0.39, 0.29) is 5.41 Å². The van der Waals surface area contributed by atoms with Crippen molar-refractivity contribution in [3.05, 3.63) is 60.9 Å². The normalized spacial score (nSPS) is 11.7. The molecule has 0 radical (unpaired) electrons. The van der Waals surface area contributed by atoms with Crippen LogP contribution in [0.1, 0.15) is 13.8 Å². The molecular formula is C22H24N6O. The van der Waals surface area contributed by atoms with Crippen LogP contribution in [0.15, 0.2) is 60.9 Å². The molecule has 148 valence electrons. The van der Waals surface area contributed by atoms with Crippen LogP contribution in [-0.2, 0) is 6.54 Å². The van der Waals surface area contributed by atoms with Gasteiger partial charge in [-0.05, 0) is 48.4 Å². The number of aromatic nitrogens is 4. The van der Waals surface area contributed by atoms with E-state index in [1.165, 1.54) is 6.33 Å². The van der Waals surface area contributed by atoms with Crippen molar-refractivity contribution in [2.75, 3.05) is 12.3 Å². The van der Waals surface area contributed by atoms with Crippen molar-refractivity contribution in [2.24, 2.45) is 11.1 Å². The highest BCUT2D eigenvalue weighted by atomic mass is 16.5. The summed E-state index contributed by atoms with van der Waals surface area (Å²) < 4.78 is 7.74. The summed E-state index contributed by atoms with van der Waals surface area (Å²) in [6.07, 6.45) is 1.46. The lowest BCUT2D eigenvalue weighted by Gasteiger charge is -2.22. The Labute approximate surface area is 169 Å². The number of nitrogen functional groups attached to an aromatic ring is 1. The average molecular weight is 388 g/mol. The Hall–Kier alpha value is -3.45. The number of nitrogens with zero attached hydrogens (tertiary/aromatic N) is 4. The standard InChI is InChI=1S/C22H24N6O/c1-22(2,12-23)13-28-21-18(20(24)25-14-26-21)19(27-28)15-8-10-17(11-9-15)29-16-6-4-3-5-7-16/h3-11,14H,12-13,23H2,1-2H3,(H2,24,25,26). The predicted octanol–water partition coefficient (Wildman–Crippen LogP) is 3.85. The zero-order valence-corrected chi connectivity index (χ0v) is 16.5. The molecule has 0 bridgehead atoms. The lowest BCUT2D eigenvalue weighted by Crippen LogP contribution is -2.29. The molecule has 0 fully saturated rings. The van der Waals surface area contributed by atoms with Crippen LogP contribution in [0, 0.1) is 5.41 Å². The van der Waals surface area contributed by atoms with Crippen LogP contribution >= 0.6 is 0 Å². The van der Waals surface area contributed by atoms with Crippen LogP contribution in [0.4, 0.5) is 5.82 Å². The average Bonchev–Trinajstić information content (AvgIpc) is 3.08. The first-order valence-electron chi connectivity index (χ1n) is 9.47. The van der Waals surface area contributed by atoms with Crippen molar-refractivity contribution in [2.45, 2.75) is 20.4 Å². The number of nitrogens with two attached hydrogens (primary N) is 2. The van der Waals surface area contributed by atoms with E-state index in [9.17, 15) is 0 Å². The number of ether oxygens (including phenoxy) is 1. The summed E-state index contributed by atoms with van der Waals surface area (Å²) in [6, 6.07) is 17.4. The summed E-state index contributed by atoms with van der Waals surface area (Å²) in [6.45, 7) is 5.36. The molecule has 4 N–H and O–H groups in total. The van der Waals surface area contributed by atoms with Crippen LogP contribution in [0.25, 0.3) is 22.3 Å². The SMILES string of the molecule is CC(C)(CN)Cn1nc(-c2ccc(Oc3ccccc3)cc2)c2c(N)ncnc21. The van der Waals surface area contributed by atoms with Crippen molar-refractivity contribution in [1.29, 1.82) is 0 Å². The van der Waals surface area contributed by atoms with Gasteiger partial charge in [0.2, 0.25) is 0 Å². The Balaban J connectivity index is 1.72. The molecule has 7 nitrogen and oxygen atoms in total. The molecule has 4 aromatic rings. The van der Waals surface area contributed by atoms with Gasteiger partial charge in [0.15, 0.2) is 5.65 Å². The maximum atomic E-state index is 6.18. The molecule has 0 aliphatic heterocycles. The monoisotopic (exact) mass is 388 g/mol. The third kappa shape index (κ3) is 3.90. The number of hydrogen-bond donors (Lipinski definition) is 2. The maximum Gasteiger partial charge on any atom is 0.163 e. The van der Waals surface area contributed by atoms with Crippen molar-refractivity contribution >= 4 is 16.9 Å². The van der Waals surface area contributed by atoms with Crippen molar-refractivity contribution in [3.63, 3.8) is 0 Å². The van der Waals surface area contributed by atoms with Gasteiger partial charge in [0.25, 0.3) is 0 Å². The topological polar surface area (TPSA) is 105 Å². The Bertz CT molecular complexity index is 1120. The van der Waals surface area contributed by atoms with Crippen molar-refractivity contribution < 1.29 is 4.74 Å². The van der Waals surface area contributed by atoms with E-state index in [4.69, 9.17) is 21.3 Å². The van der Waals surface area contributed by atoms with E-state index in [2.05, 4.69) is 23.8 Å². The van der Waals surface area contributed by atoms with Crippen molar-refractivity contribution in [3.8, 4) is 22.8 Å². The molecule has 0 spiro atoms. The zero-order chi connectivity index (χ0) is 20.4. The third-order valence-corrected chi connectivity index (χ3v) is 4.80. The molecule has 0 aliphatic rings. The van der Waals surface area contributed by atoms with Crippen LogP contribution in [0.5, 0.6) is 11.5 Å². The fraction of sp³-hybridized carbons (Fsp3) is 0.227. The highest BCUT2D eigenvalue weighted by Gasteiger charge is 2.22. The van der Waals surface area contributed by atoms with Crippen LogP contribution in [0.3, 0.4) is 0 Å². The Morgan fingerprint density at radius 2 is 1.66 bits per heavy atom. The Kier molecular flexibility index (Phi) is 4.90. The second kappa shape index (κ2) is 7.52. The molecule has 2 aromatic carbocycles. The summed E-state index contributed by atoms with van der Waals surface area (Å²) in [5.41, 5.74) is 14.3. The highest BCUT2D eigenvalue weighted by molar-refractivity contribution is 5.98. The molecule has 7 heteroatoms. The number of benzene rings is 2. The molecule has 4 rings (SSSR count). The van der Waals surface area contributed by atoms with E-state index >= 15 is 0 Å². The molecule has 2 heterocycles. The number of anilines is 1. The zero-order valence-electron chi connectivity index (χ0n) is 16.5. The van der Waals surface area contributed by atoms with Gasteiger partial charge < -0.3 is 16.2 Å². The molecule has 0 saturated heterocycles. The van der Waals surface area contributed by atoms with Gasteiger partial charge in [0, 0.05) is 12.1 Å². The summed E-state index contributed by atoms with van der Waals surface area (Å²) in [4.78, 5) is 8.58. The second-order valence-electron chi connectivity index (χ2n) is 7.77. The lowest BCUT2D eigenvalue weighted by molar-refractivity contribution is 0.306. The van der Waals surface area contributed by atoms with Gasteiger partial charge in [-0.3, -0.25) is 0 Å². The lowest BCUT2D eigenvalue weighted by atomic mass is 9.94. The molecule has 0 aliphatic carbocycles. The second-order valence-corrected chi connectivity index (χ2v) is 7.77. The molecule has 0 saturated carbocycles. The van der Waals surface area contributed by atoms with E-state index in [0.717, 1.165) is 28.1 Å². The smallest absolute Gasteiger partial charge is 0.163 e. The quantitative estimate of drug-likeness (QED) is 0.520. The molecule has 0 unspecified atom stereocenters. The fourth-order valence-corrected chi connectivity index (χ4v) is 3.12. The first-order chi connectivity index (χ1) is 14.0. The number of fused-ring (bicyclic) bond motifs is 1. The molecular weight excluding hydrogens is 364 g/mol. The maximum absolute atomic E-state index is 6.18. The molecule has 0 atom stereocenters. The van der Waals surface area contributed by atoms with Gasteiger partial charge >= 0.3 is 0 Å². The van der Waals surface area contributed by atoms with E-state index in [1.54, 1.807) is 0 Å². The summed E-state index contributed by atoms with van der Waals surface area (Å²) in [5, 5.41) is 5.55. The minimum atomic E-state index is -0.122. The molecule has 2 aromatic heterocycles. The Morgan fingerprint density at radius 1 is 0.966 bits per heavy atom. The highest BCUT2D eigenvalue weighted by Crippen LogP contribution is 2.33. The summed E-state index contributed by atoms with van der Waals surface area (Å²) >= 11 is 0. The number of rotatable bonds is 6. The van der Waals surface area contributed by atoms with Crippen LogP contribution < -0.4 is 16.2 Å². The van der Waals surface area contributed by atoms with Crippen LogP contribution in [-0.4, -0.2) is 26.3 Å². The van der Waals surface area contributed by atoms with Crippen LogP contribution in [0.2, 0.25) is 0 Å². The molecule has 0 amide bonds. The predicted molar refractivity (Wildman–Crippen MR) is 115 cm³/mol. The fourth-order valence-electron chi connectivity index (χ4n) is 3.12. The summed E-state index contributed by atoms with van der Waals surface area (Å²) in [7, 11) is 0. The minimum absolute atomic E-state index is 0.122. The minimum Gasteiger partial charge on any atom is -0.457 e. The van der Waals surface area contributed by atoms with Gasteiger partial charge in [0.1, 0.15) is 29.3 Å². The largest absolute Gasteiger partial charge is 0.457 e. The van der Waals surface area contributed by atoms with E-state index in [0.29, 0.717) is 24.6 Å². The van der Waals surface area contributed by atoms with Gasteiger partial charge in [-0.15, -0.1) is 0 Å². The molecule has 29 heavy (non-hydrogen) atoms. The van der Waals surface area contributed by atoms with E-state index < -0.39 is 0 Å². The summed E-state index contributed by atoms with van der Waals surface area (Å²) in [5.74, 6) is 1.94. The number of hydrogen-bond acceptors (Lipinski definition) is 6. The Morgan fingerprint density at radius 3 is 2.34 bits per heavy atom. The van der Waals surface area contributed by atoms with Crippen molar-refractivity contribution in [1.82, 2.24) is 19.7 Å².